The molecule has 1 unspecified atom stereocenters. The molecule has 0 saturated heterocycles. The van der Waals surface area contributed by atoms with E-state index in [1.165, 1.54) is 71.3 Å². The molecule has 0 radical (unpaired) electrons. The Morgan fingerprint density at radius 3 is 1.75 bits per heavy atom. The van der Waals surface area contributed by atoms with Crippen LogP contribution in [-0.2, 0) is 24.2 Å². The van der Waals surface area contributed by atoms with Gasteiger partial charge in [-0.05, 0) is 18.4 Å². The number of aryl methyl sites for hydroxylation is 1. The Bertz CT molecular complexity index is 1890. The summed E-state index contributed by atoms with van der Waals surface area (Å²) < 4.78 is 1.42. The summed E-state index contributed by atoms with van der Waals surface area (Å²) in [5.41, 5.74) is 10.1. The average Bonchev–Trinajstić information content (AvgIpc) is 3.63. The molecule has 0 saturated carbocycles. The molecular weight excluding hydrogens is 751 g/mol. The number of fused-ring (bicyclic) bond motifs is 2. The van der Waals surface area contributed by atoms with Crippen LogP contribution in [0.1, 0.15) is 30.0 Å². The van der Waals surface area contributed by atoms with Crippen LogP contribution in [0.3, 0.4) is 0 Å². The van der Waals surface area contributed by atoms with Gasteiger partial charge >= 0.3 is 99.2 Å². The molecule has 3 aromatic carbocycles. The van der Waals surface area contributed by atoms with Crippen molar-refractivity contribution in [2.45, 2.75) is 84.2 Å². The van der Waals surface area contributed by atoms with Gasteiger partial charge in [0.2, 0.25) is 0 Å². The van der Waals surface area contributed by atoms with Gasteiger partial charge in [-0.2, -0.15) is 0 Å². The van der Waals surface area contributed by atoms with E-state index < -0.39 is 24.2 Å². The van der Waals surface area contributed by atoms with E-state index in [4.69, 9.17) is 0 Å². The van der Waals surface area contributed by atoms with Crippen LogP contribution >= 0.6 is 0 Å². The number of rotatable bonds is 6. The second-order valence-corrected chi connectivity index (χ2v) is 33.2. The van der Waals surface area contributed by atoms with Crippen molar-refractivity contribution in [3.63, 3.8) is 0 Å². The van der Waals surface area contributed by atoms with Crippen molar-refractivity contribution in [1.82, 2.24) is 0 Å². The molecule has 3 aliphatic carbocycles. The normalized spacial score (nSPS) is 18.3. The minimum atomic E-state index is -1.61. The maximum absolute atomic E-state index is 4.01. The van der Waals surface area contributed by atoms with E-state index in [1.807, 2.05) is 0 Å². The Hall–Kier alpha value is -1.66. The first-order valence-electron chi connectivity index (χ1n) is 16.8. The van der Waals surface area contributed by atoms with E-state index in [1.54, 1.807) is 16.0 Å². The van der Waals surface area contributed by atoms with Gasteiger partial charge in [0.05, 0.1) is 24.2 Å². The number of hydrogen-bond donors (Lipinski definition) is 0. The van der Waals surface area contributed by atoms with Crippen LogP contribution in [0.15, 0.2) is 119 Å². The summed E-state index contributed by atoms with van der Waals surface area (Å²) in [6.45, 7) is 27.7. The van der Waals surface area contributed by atoms with Crippen molar-refractivity contribution in [1.29, 1.82) is 0 Å². The van der Waals surface area contributed by atoms with Gasteiger partial charge in [-0.15, -0.1) is 33.7 Å². The van der Waals surface area contributed by atoms with Gasteiger partial charge in [0, 0.05) is 0 Å². The molecule has 6 rings (SSSR count). The fourth-order valence-electron chi connectivity index (χ4n) is 7.34. The number of allylic oxidation sites excluding steroid dienone is 8. The molecule has 0 aliphatic heterocycles. The van der Waals surface area contributed by atoms with Crippen LogP contribution in [0.5, 0.6) is 0 Å². The third kappa shape index (κ3) is 7.95. The summed E-state index contributed by atoms with van der Waals surface area (Å²) in [4.78, 5) is 0. The van der Waals surface area contributed by atoms with Gasteiger partial charge in [-0.1, -0.05) is 123 Å². The first-order valence-corrected chi connectivity index (χ1v) is 28.5. The molecule has 6 heteroatoms. The molecule has 0 amide bonds. The van der Waals surface area contributed by atoms with E-state index in [9.17, 15) is 0 Å². The molecule has 0 bridgehead atoms. The predicted octanol–water partition coefficient (Wildman–Crippen LogP) is 3.27. The van der Waals surface area contributed by atoms with Gasteiger partial charge in [0.25, 0.3) is 0 Å². The first-order chi connectivity index (χ1) is 21.4. The average molecular weight is 802 g/mol. The maximum atomic E-state index is 4.01. The second kappa shape index (κ2) is 15.3. The molecule has 0 N–H and O–H groups in total. The Balaban J connectivity index is 0.000000329. The van der Waals surface area contributed by atoms with Gasteiger partial charge in [0.15, 0.2) is 0 Å². The first kappa shape index (κ1) is 40.8. The summed E-state index contributed by atoms with van der Waals surface area (Å²) in [6.07, 6.45) is 14.7. The van der Waals surface area contributed by atoms with Crippen LogP contribution in [0.4, 0.5) is 0 Å². The van der Waals surface area contributed by atoms with Crippen molar-refractivity contribution in [3.05, 3.63) is 146 Å². The Labute approximate surface area is 321 Å². The summed E-state index contributed by atoms with van der Waals surface area (Å²) in [6, 6.07) is 26.0. The standard InChI is InChI=1S/C29H41Si3.C13H10.2ClH.Zr/c1-20-16-22-18-24-23(27(22)25(17-20)30(3,4)5)19-26(31(6,7)8)29(2,32(9,10)11)28(24)21-14-12-13-15-21;1-3-7-12(8-4-1)11-13-9-5-2-6-10-13;;;/h12-14,16-17,19H,15H2,1-11H3;1-10H;2*1H;/q-1;;;;+2/p-2. The molecule has 48 heavy (non-hydrogen) atoms. The number of halogens is 2. The van der Waals surface area contributed by atoms with Gasteiger partial charge < -0.3 is 24.8 Å². The van der Waals surface area contributed by atoms with Crippen molar-refractivity contribution < 1.29 is 49.0 Å². The zero-order valence-corrected chi connectivity index (χ0v) is 37.7. The third-order valence-electron chi connectivity index (χ3n) is 9.99. The quantitative estimate of drug-likeness (QED) is 0.266. The minimum absolute atomic E-state index is 0. The second-order valence-electron chi connectivity index (χ2n) is 16.4. The molecule has 1 atom stereocenters. The number of hydrogen-bond acceptors (Lipinski definition) is 0. The predicted molar refractivity (Wildman–Crippen MR) is 208 cm³/mol. The van der Waals surface area contributed by atoms with Crippen LogP contribution in [-0.4, -0.2) is 27.4 Å². The van der Waals surface area contributed by atoms with Crippen molar-refractivity contribution in [2.75, 3.05) is 0 Å². The number of benzene rings is 3. The molecule has 250 valence electrons. The monoisotopic (exact) mass is 799 g/mol. The molecular formula is C42H51Cl2Si3Zr-. The molecule has 0 spiro atoms. The van der Waals surface area contributed by atoms with Crippen molar-refractivity contribution >= 4 is 44.3 Å². The SMILES string of the molecule is Cc1cc([Si](C)(C)C)c2c(c1)=[C-]C1=C(C3=CC=CC3)C(C)([Si](C)(C)C)C([Si](C)(C)C)=CC=21.[Cl-].[Cl-].[Zr+2]=[C](c1ccccc1)c1ccccc1. The molecule has 3 aliphatic rings. The third-order valence-corrected chi connectivity index (χ3v) is 19.5. The van der Waals surface area contributed by atoms with E-state index in [0.717, 1.165) is 6.42 Å². The van der Waals surface area contributed by atoms with E-state index >= 15 is 0 Å². The molecule has 0 nitrogen and oxygen atoms in total. The summed E-state index contributed by atoms with van der Waals surface area (Å²) >= 11 is 1.46. The summed E-state index contributed by atoms with van der Waals surface area (Å²) in [7, 11) is -4.70. The zero-order chi connectivity index (χ0) is 33.7. The topological polar surface area (TPSA) is 0 Å². The Morgan fingerprint density at radius 2 is 1.31 bits per heavy atom. The van der Waals surface area contributed by atoms with Crippen molar-refractivity contribution in [3.8, 4) is 0 Å². The Morgan fingerprint density at radius 1 is 0.771 bits per heavy atom. The van der Waals surface area contributed by atoms with E-state index in [0.29, 0.717) is 0 Å². The van der Waals surface area contributed by atoms with E-state index in [-0.39, 0.29) is 29.9 Å². The zero-order valence-electron chi connectivity index (χ0n) is 30.7. The van der Waals surface area contributed by atoms with Gasteiger partial charge in [0.1, 0.15) is 0 Å². The molecule has 0 aromatic heterocycles. The molecule has 3 aromatic rings. The fraction of sp³-hybridized carbons (Fsp3) is 0.310. The summed E-state index contributed by atoms with van der Waals surface area (Å²) in [5, 5.41) is 6.33. The van der Waals surface area contributed by atoms with Crippen LogP contribution in [0.2, 0.25) is 64.0 Å². The summed E-state index contributed by atoms with van der Waals surface area (Å²) in [5.74, 6) is 0. The van der Waals surface area contributed by atoms with Crippen LogP contribution in [0, 0.1) is 6.92 Å². The molecule has 0 heterocycles. The van der Waals surface area contributed by atoms with Crippen LogP contribution < -0.4 is 40.4 Å². The van der Waals surface area contributed by atoms with Gasteiger partial charge in [-0.3, -0.25) is 0 Å². The van der Waals surface area contributed by atoms with Gasteiger partial charge in [-0.25, -0.2) is 0 Å². The fourth-order valence-corrected chi connectivity index (χ4v) is 16.2. The van der Waals surface area contributed by atoms with E-state index in [2.05, 4.69) is 176 Å². The molecule has 0 fully saturated rings. The van der Waals surface area contributed by atoms with Crippen LogP contribution in [0.25, 0.3) is 11.6 Å². The Kier molecular flexibility index (Phi) is 13.0. The van der Waals surface area contributed by atoms with Crippen molar-refractivity contribution in [2.24, 2.45) is 0 Å².